The van der Waals surface area contributed by atoms with Gasteiger partial charge in [-0.15, -0.1) is 0 Å². The molecular weight excluding hydrogens is 268 g/mol. The zero-order chi connectivity index (χ0) is 15.8. The molecule has 0 atom stereocenters. The fraction of sp³-hybridized carbons (Fsp3) is 0.200. The lowest BCUT2D eigenvalue weighted by atomic mass is 10.1. The first-order valence-corrected chi connectivity index (χ1v) is 6.04. The number of allylic oxidation sites excluding steroid dienone is 2. The highest BCUT2D eigenvalue weighted by Gasteiger charge is 2.09. The van der Waals surface area contributed by atoms with Crippen molar-refractivity contribution in [3.8, 4) is 18.2 Å². The zero-order valence-corrected chi connectivity index (χ0v) is 11.3. The molecule has 0 amide bonds. The van der Waals surface area contributed by atoms with E-state index in [4.69, 9.17) is 20.9 Å². The maximum Gasteiger partial charge on any atom is 0.303 e. The third kappa shape index (κ3) is 4.38. The maximum absolute atomic E-state index is 10.6. The van der Waals surface area contributed by atoms with Crippen LogP contribution in [-0.4, -0.2) is 11.1 Å². The summed E-state index contributed by atoms with van der Waals surface area (Å²) < 4.78 is 0. The second kappa shape index (κ2) is 7.33. The summed E-state index contributed by atoms with van der Waals surface area (Å²) in [6.45, 7) is 1.80. The average molecular weight is 280 g/mol. The van der Waals surface area contributed by atoms with Crippen molar-refractivity contribution in [3.05, 3.63) is 40.6 Å². The first-order chi connectivity index (χ1) is 10.0. The number of hydrogen-bond acceptors (Lipinski definition) is 5. The number of rotatable bonds is 5. The Bertz CT molecular complexity index is 699. The molecule has 1 aromatic carbocycles. The molecule has 0 fully saturated rings. The third-order valence-electron chi connectivity index (χ3n) is 2.77. The molecule has 0 aromatic heterocycles. The summed E-state index contributed by atoms with van der Waals surface area (Å²) in [5.41, 5.74) is 1.75. The summed E-state index contributed by atoms with van der Waals surface area (Å²) in [4.78, 5) is 10.6. The van der Waals surface area contributed by atoms with Gasteiger partial charge in [0.15, 0.2) is 5.57 Å². The summed E-state index contributed by atoms with van der Waals surface area (Å²) >= 11 is 0. The number of carbonyl (C=O) groups is 1. The van der Waals surface area contributed by atoms with Crippen molar-refractivity contribution in [2.75, 3.05) is 5.32 Å². The van der Waals surface area contributed by atoms with Gasteiger partial charge in [0.05, 0.1) is 0 Å². The van der Waals surface area contributed by atoms with Crippen LogP contribution in [0, 0.1) is 40.9 Å². The van der Waals surface area contributed by atoms with Crippen molar-refractivity contribution in [2.24, 2.45) is 0 Å². The average Bonchev–Trinajstić information content (AvgIpc) is 2.47. The van der Waals surface area contributed by atoms with E-state index in [-0.39, 0.29) is 17.7 Å². The van der Waals surface area contributed by atoms with Gasteiger partial charge in [0, 0.05) is 12.1 Å². The normalized spacial score (nSPS) is 8.86. The highest BCUT2D eigenvalue weighted by molar-refractivity contribution is 5.67. The lowest BCUT2D eigenvalue weighted by Crippen LogP contribution is -2.04. The molecule has 104 valence electrons. The van der Waals surface area contributed by atoms with E-state index in [1.807, 2.05) is 0 Å². The number of aliphatic carboxylic acids is 1. The maximum atomic E-state index is 10.6. The van der Waals surface area contributed by atoms with E-state index in [0.29, 0.717) is 12.1 Å². The van der Waals surface area contributed by atoms with Crippen LogP contribution in [0.3, 0.4) is 0 Å². The highest BCUT2D eigenvalue weighted by atomic mass is 16.4. The molecular formula is C15H12N4O2. The van der Waals surface area contributed by atoms with Crippen LogP contribution in [0.4, 0.5) is 5.69 Å². The molecule has 6 heteroatoms. The van der Waals surface area contributed by atoms with Crippen molar-refractivity contribution >= 4 is 11.7 Å². The first-order valence-electron chi connectivity index (χ1n) is 6.04. The van der Waals surface area contributed by atoms with Crippen molar-refractivity contribution in [2.45, 2.75) is 19.8 Å². The van der Waals surface area contributed by atoms with Crippen LogP contribution in [0.25, 0.3) is 0 Å². The second-order valence-corrected chi connectivity index (χ2v) is 4.25. The van der Waals surface area contributed by atoms with Crippen molar-refractivity contribution in [1.29, 1.82) is 15.8 Å². The Morgan fingerprint density at radius 3 is 2.43 bits per heavy atom. The van der Waals surface area contributed by atoms with Gasteiger partial charge < -0.3 is 10.4 Å². The topological polar surface area (TPSA) is 121 Å². The Labute approximate surface area is 122 Å². The Hall–Kier alpha value is -3.30. The molecule has 0 spiro atoms. The monoisotopic (exact) mass is 280 g/mol. The number of carboxylic acid groups (broad SMARTS) is 1. The summed E-state index contributed by atoms with van der Waals surface area (Å²) in [5, 5.41) is 38.0. The largest absolute Gasteiger partial charge is 0.481 e. The molecule has 0 unspecified atom stereocenters. The van der Waals surface area contributed by atoms with E-state index >= 15 is 0 Å². The molecule has 0 aliphatic heterocycles. The molecule has 0 bridgehead atoms. The lowest BCUT2D eigenvalue weighted by molar-refractivity contribution is -0.136. The van der Waals surface area contributed by atoms with Crippen LogP contribution in [0.5, 0.6) is 0 Å². The van der Waals surface area contributed by atoms with E-state index in [0.717, 1.165) is 11.1 Å². The quantitative estimate of drug-likeness (QED) is 0.798. The number of aryl methyl sites for hydroxylation is 2. The summed E-state index contributed by atoms with van der Waals surface area (Å²) in [6.07, 6.45) is 0.365. The number of hydrogen-bond donors (Lipinski definition) is 2. The SMILES string of the molecule is Cc1ccc(CCC(=O)O)cc1NC(C#N)=C(C#N)C#N. The molecule has 0 aliphatic carbocycles. The predicted octanol–water partition coefficient (Wildman–Crippen LogP) is 2.25. The first kappa shape index (κ1) is 15.8. The van der Waals surface area contributed by atoms with Gasteiger partial charge in [0.1, 0.15) is 23.9 Å². The van der Waals surface area contributed by atoms with Crippen LogP contribution < -0.4 is 5.32 Å². The Balaban J connectivity index is 3.09. The van der Waals surface area contributed by atoms with Crippen LogP contribution in [-0.2, 0) is 11.2 Å². The Kier molecular flexibility index (Phi) is 5.50. The molecule has 0 saturated heterocycles. The van der Waals surface area contributed by atoms with Gasteiger partial charge in [-0.1, -0.05) is 12.1 Å². The Morgan fingerprint density at radius 2 is 1.90 bits per heavy atom. The van der Waals surface area contributed by atoms with Crippen molar-refractivity contribution < 1.29 is 9.90 Å². The van der Waals surface area contributed by atoms with E-state index in [9.17, 15) is 4.79 Å². The van der Waals surface area contributed by atoms with Gasteiger partial charge >= 0.3 is 5.97 Å². The van der Waals surface area contributed by atoms with Gasteiger partial charge in [-0.3, -0.25) is 4.79 Å². The van der Waals surface area contributed by atoms with E-state index in [1.54, 1.807) is 43.3 Å². The summed E-state index contributed by atoms with van der Waals surface area (Å²) in [6, 6.07) is 10.4. The molecule has 0 radical (unpaired) electrons. The van der Waals surface area contributed by atoms with Gasteiger partial charge in [0.25, 0.3) is 0 Å². The number of nitriles is 3. The fourth-order valence-electron chi connectivity index (χ4n) is 1.63. The standard InChI is InChI=1S/C15H12N4O2/c1-10-2-3-11(4-5-15(20)21)6-13(10)19-14(9-18)12(7-16)8-17/h2-3,6,19H,4-5H2,1H3,(H,20,21). The minimum atomic E-state index is -0.890. The minimum absolute atomic E-state index is 0.00505. The van der Waals surface area contributed by atoms with Crippen LogP contribution in [0.1, 0.15) is 17.5 Å². The number of nitrogens with zero attached hydrogens (tertiary/aromatic N) is 3. The Morgan fingerprint density at radius 1 is 1.24 bits per heavy atom. The molecule has 1 rings (SSSR count). The van der Waals surface area contributed by atoms with Gasteiger partial charge in [-0.25, -0.2) is 0 Å². The number of carboxylic acids is 1. The fourth-order valence-corrected chi connectivity index (χ4v) is 1.63. The molecule has 0 aliphatic rings. The summed E-state index contributed by atoms with van der Waals surface area (Å²) in [7, 11) is 0. The molecule has 0 heterocycles. The zero-order valence-electron chi connectivity index (χ0n) is 11.3. The molecule has 1 aromatic rings. The smallest absolute Gasteiger partial charge is 0.303 e. The summed E-state index contributed by atoms with van der Waals surface area (Å²) in [5.74, 6) is -0.890. The van der Waals surface area contributed by atoms with E-state index < -0.39 is 5.97 Å². The number of anilines is 1. The van der Waals surface area contributed by atoms with Crippen molar-refractivity contribution in [1.82, 2.24) is 0 Å². The number of benzene rings is 1. The molecule has 2 N–H and O–H groups in total. The molecule has 0 saturated carbocycles. The van der Waals surface area contributed by atoms with Crippen LogP contribution in [0.15, 0.2) is 29.5 Å². The van der Waals surface area contributed by atoms with Gasteiger partial charge in [0.2, 0.25) is 0 Å². The van der Waals surface area contributed by atoms with Crippen LogP contribution >= 0.6 is 0 Å². The van der Waals surface area contributed by atoms with Crippen LogP contribution in [0.2, 0.25) is 0 Å². The third-order valence-corrected chi connectivity index (χ3v) is 2.77. The minimum Gasteiger partial charge on any atom is -0.481 e. The predicted molar refractivity (Wildman–Crippen MR) is 74.6 cm³/mol. The number of nitrogens with one attached hydrogen (secondary N) is 1. The molecule has 6 nitrogen and oxygen atoms in total. The van der Waals surface area contributed by atoms with E-state index in [2.05, 4.69) is 5.32 Å². The lowest BCUT2D eigenvalue weighted by Gasteiger charge is -2.10. The highest BCUT2D eigenvalue weighted by Crippen LogP contribution is 2.20. The van der Waals surface area contributed by atoms with Gasteiger partial charge in [-0.2, -0.15) is 15.8 Å². The van der Waals surface area contributed by atoms with E-state index in [1.165, 1.54) is 0 Å². The second-order valence-electron chi connectivity index (χ2n) is 4.25. The molecule has 21 heavy (non-hydrogen) atoms. The van der Waals surface area contributed by atoms with Gasteiger partial charge in [-0.05, 0) is 30.5 Å². The van der Waals surface area contributed by atoms with Crippen molar-refractivity contribution in [3.63, 3.8) is 0 Å².